The summed E-state index contributed by atoms with van der Waals surface area (Å²) in [6.45, 7) is 2.35. The Morgan fingerprint density at radius 1 is 0.792 bits per heavy atom. The smallest absolute Gasteiger partial charge is 0.336 e. The number of carboxylic acid groups (broad SMARTS) is 2. The van der Waals surface area contributed by atoms with Gasteiger partial charge in [-0.05, 0) is 58.5 Å². The molecule has 4 atom stereocenters. The topological polar surface area (TPSA) is 142 Å². The standard InChI is InChI=1S/C38H39NO8S/c1-24-32(23-48-33-12-3-2-11-31(33)37(44)45)46-38(47-36(24)27-17-15-25(22-40)16-18-27)30-10-5-9-29(20-30)28-8-4-7-26(19-28)21-39-34(41)13-6-14-35(42)43/h2-5,7-12,15-20,24,32,36,38,40H,6,13-14,21-23H2,1H3,(H,39,41)(H,42,43)(H,44,45)/t24-,32+,36+,38+/m0/s1. The molecule has 0 unspecified atom stereocenters. The van der Waals surface area contributed by atoms with E-state index in [-0.39, 0.29) is 49.0 Å². The van der Waals surface area contributed by atoms with Crippen molar-refractivity contribution < 1.29 is 39.2 Å². The van der Waals surface area contributed by atoms with Gasteiger partial charge < -0.3 is 30.1 Å². The summed E-state index contributed by atoms with van der Waals surface area (Å²) in [5.74, 6) is -1.63. The number of hydrogen-bond acceptors (Lipinski definition) is 7. The first kappa shape index (κ1) is 34.8. The molecule has 0 spiro atoms. The van der Waals surface area contributed by atoms with Gasteiger partial charge >= 0.3 is 11.9 Å². The summed E-state index contributed by atoms with van der Waals surface area (Å²) in [7, 11) is 0. The quantitative estimate of drug-likeness (QED) is 0.104. The van der Waals surface area contributed by atoms with E-state index in [1.165, 1.54) is 11.8 Å². The molecule has 1 heterocycles. The third-order valence-corrected chi connectivity index (χ3v) is 9.51. The van der Waals surface area contributed by atoms with Crippen LogP contribution in [0.5, 0.6) is 0 Å². The molecule has 48 heavy (non-hydrogen) atoms. The molecule has 5 rings (SSSR count). The average molecular weight is 670 g/mol. The number of ether oxygens (including phenoxy) is 2. The number of rotatable bonds is 14. The predicted molar refractivity (Wildman–Crippen MR) is 182 cm³/mol. The third-order valence-electron chi connectivity index (χ3n) is 8.35. The number of aliphatic carboxylic acids is 1. The Balaban J connectivity index is 1.35. The Morgan fingerprint density at radius 2 is 1.52 bits per heavy atom. The monoisotopic (exact) mass is 669 g/mol. The fourth-order valence-electron chi connectivity index (χ4n) is 5.67. The molecule has 250 valence electrons. The van der Waals surface area contributed by atoms with Crippen molar-refractivity contribution in [3.63, 3.8) is 0 Å². The minimum Gasteiger partial charge on any atom is -0.481 e. The minimum absolute atomic E-state index is 0.0401. The predicted octanol–water partition coefficient (Wildman–Crippen LogP) is 7.00. The molecule has 10 heteroatoms. The van der Waals surface area contributed by atoms with Gasteiger partial charge in [-0.25, -0.2) is 4.79 Å². The summed E-state index contributed by atoms with van der Waals surface area (Å²) in [5.41, 5.74) is 5.65. The second-order valence-electron chi connectivity index (χ2n) is 11.8. The van der Waals surface area contributed by atoms with Crippen LogP contribution in [0.15, 0.2) is 102 Å². The fraction of sp³-hybridized carbons (Fsp3) is 0.289. The molecule has 0 aromatic heterocycles. The molecule has 0 radical (unpaired) electrons. The number of benzene rings is 4. The van der Waals surface area contributed by atoms with E-state index < -0.39 is 18.2 Å². The van der Waals surface area contributed by atoms with Crippen LogP contribution in [0.3, 0.4) is 0 Å². The van der Waals surface area contributed by atoms with E-state index in [1.54, 1.807) is 12.1 Å². The molecule has 0 saturated carbocycles. The van der Waals surface area contributed by atoms with Crippen molar-refractivity contribution in [2.45, 2.75) is 62.7 Å². The number of amides is 1. The molecule has 1 amide bonds. The Bertz CT molecular complexity index is 1730. The Kier molecular flexibility index (Phi) is 12.0. The first-order chi connectivity index (χ1) is 23.2. The van der Waals surface area contributed by atoms with Crippen LogP contribution >= 0.6 is 11.8 Å². The maximum absolute atomic E-state index is 12.2. The van der Waals surface area contributed by atoms with Gasteiger partial charge in [0, 0.05) is 41.5 Å². The molecular formula is C38H39NO8S. The summed E-state index contributed by atoms with van der Waals surface area (Å²) < 4.78 is 13.3. The number of carbonyl (C=O) groups is 3. The number of carbonyl (C=O) groups excluding carboxylic acids is 1. The second kappa shape index (κ2) is 16.6. The van der Waals surface area contributed by atoms with Gasteiger partial charge in [0.15, 0.2) is 6.29 Å². The van der Waals surface area contributed by atoms with E-state index >= 15 is 0 Å². The van der Waals surface area contributed by atoms with E-state index in [0.717, 1.165) is 33.4 Å². The highest BCUT2D eigenvalue weighted by Crippen LogP contribution is 2.43. The molecule has 4 N–H and O–H groups in total. The highest BCUT2D eigenvalue weighted by atomic mass is 32.2. The molecule has 9 nitrogen and oxygen atoms in total. The maximum atomic E-state index is 12.2. The lowest BCUT2D eigenvalue weighted by molar-refractivity contribution is -0.268. The Hall–Kier alpha value is -4.48. The first-order valence-corrected chi connectivity index (χ1v) is 16.8. The van der Waals surface area contributed by atoms with Crippen LogP contribution < -0.4 is 5.32 Å². The third kappa shape index (κ3) is 9.11. The van der Waals surface area contributed by atoms with Crippen molar-refractivity contribution in [1.29, 1.82) is 0 Å². The highest BCUT2D eigenvalue weighted by molar-refractivity contribution is 7.99. The van der Waals surface area contributed by atoms with E-state index in [2.05, 4.69) is 12.2 Å². The first-order valence-electron chi connectivity index (χ1n) is 15.9. The number of hydrogen-bond donors (Lipinski definition) is 4. The van der Waals surface area contributed by atoms with Gasteiger partial charge in [0.2, 0.25) is 5.91 Å². The van der Waals surface area contributed by atoms with Gasteiger partial charge in [0.25, 0.3) is 0 Å². The summed E-state index contributed by atoms with van der Waals surface area (Å²) in [4.78, 5) is 35.4. The number of aliphatic hydroxyl groups is 1. The molecule has 1 aliphatic heterocycles. The molecule has 4 aromatic carbocycles. The van der Waals surface area contributed by atoms with E-state index in [4.69, 9.17) is 14.6 Å². The summed E-state index contributed by atoms with van der Waals surface area (Å²) in [6, 6.07) is 30.4. The van der Waals surface area contributed by atoms with Crippen LogP contribution in [0, 0.1) is 5.92 Å². The van der Waals surface area contributed by atoms with Gasteiger partial charge in [-0.3, -0.25) is 9.59 Å². The number of thioether (sulfide) groups is 1. The van der Waals surface area contributed by atoms with E-state index in [9.17, 15) is 24.6 Å². The Morgan fingerprint density at radius 3 is 2.25 bits per heavy atom. The number of aromatic carboxylic acids is 1. The van der Waals surface area contributed by atoms with Crippen LogP contribution in [-0.2, 0) is 32.2 Å². The summed E-state index contributed by atoms with van der Waals surface area (Å²) in [5, 5.41) is 30.9. The molecule has 1 aliphatic rings. The lowest BCUT2D eigenvalue weighted by Crippen LogP contribution is -2.38. The van der Waals surface area contributed by atoms with Gasteiger partial charge in [-0.2, -0.15) is 0 Å². The molecular weight excluding hydrogens is 630 g/mol. The lowest BCUT2D eigenvalue weighted by Gasteiger charge is -2.41. The second-order valence-corrected chi connectivity index (χ2v) is 12.8. The van der Waals surface area contributed by atoms with Gasteiger partial charge in [0.05, 0.1) is 24.4 Å². The molecule has 4 aromatic rings. The van der Waals surface area contributed by atoms with Crippen LogP contribution in [0.4, 0.5) is 0 Å². The van der Waals surface area contributed by atoms with Crippen LogP contribution in [0.1, 0.15) is 71.2 Å². The average Bonchev–Trinajstić information content (AvgIpc) is 3.10. The molecule has 0 aliphatic carbocycles. The number of aliphatic hydroxyl groups excluding tert-OH is 1. The van der Waals surface area contributed by atoms with Crippen LogP contribution in [0.2, 0.25) is 0 Å². The number of carboxylic acids is 2. The van der Waals surface area contributed by atoms with Gasteiger partial charge in [-0.15, -0.1) is 11.8 Å². The largest absolute Gasteiger partial charge is 0.481 e. The van der Waals surface area contributed by atoms with Crippen LogP contribution in [-0.4, -0.2) is 45.0 Å². The van der Waals surface area contributed by atoms with Gasteiger partial charge in [-0.1, -0.05) is 79.7 Å². The zero-order chi connectivity index (χ0) is 34.0. The zero-order valence-electron chi connectivity index (χ0n) is 26.6. The van der Waals surface area contributed by atoms with E-state index in [0.29, 0.717) is 23.6 Å². The summed E-state index contributed by atoms with van der Waals surface area (Å²) in [6.07, 6.45) is -0.875. The molecule has 1 saturated heterocycles. The normalized spacial score (nSPS) is 19.0. The van der Waals surface area contributed by atoms with E-state index in [1.807, 2.05) is 84.9 Å². The van der Waals surface area contributed by atoms with Crippen molar-refractivity contribution in [2.75, 3.05) is 5.75 Å². The minimum atomic E-state index is -0.974. The van der Waals surface area contributed by atoms with Crippen molar-refractivity contribution in [1.82, 2.24) is 5.32 Å². The highest BCUT2D eigenvalue weighted by Gasteiger charge is 2.38. The molecule has 1 fully saturated rings. The fourth-order valence-corrected chi connectivity index (χ4v) is 6.88. The maximum Gasteiger partial charge on any atom is 0.336 e. The molecule has 0 bridgehead atoms. The van der Waals surface area contributed by atoms with Crippen molar-refractivity contribution in [3.8, 4) is 11.1 Å². The van der Waals surface area contributed by atoms with Crippen molar-refractivity contribution in [2.24, 2.45) is 5.92 Å². The lowest BCUT2D eigenvalue weighted by atomic mass is 9.91. The number of nitrogens with one attached hydrogen (secondary N) is 1. The zero-order valence-corrected chi connectivity index (χ0v) is 27.4. The van der Waals surface area contributed by atoms with Gasteiger partial charge in [0.1, 0.15) is 0 Å². The van der Waals surface area contributed by atoms with Crippen molar-refractivity contribution in [3.05, 3.63) is 125 Å². The SMILES string of the molecule is C[C@H]1[C@@H](CSc2ccccc2C(=O)O)O[C@@H](c2cccc(-c3cccc(CNC(=O)CCCC(=O)O)c3)c2)O[C@H]1c1ccc(CO)cc1. The van der Waals surface area contributed by atoms with Crippen molar-refractivity contribution >= 4 is 29.6 Å². The van der Waals surface area contributed by atoms with Crippen LogP contribution in [0.25, 0.3) is 11.1 Å². The Labute approximate surface area is 283 Å². The summed E-state index contributed by atoms with van der Waals surface area (Å²) >= 11 is 1.45.